The Bertz CT molecular complexity index is 542. The lowest BCUT2D eigenvalue weighted by Crippen LogP contribution is -2.24. The highest BCUT2D eigenvalue weighted by Crippen LogP contribution is 2.38. The number of fused-ring (bicyclic) bond motifs is 1. The molecule has 0 aromatic heterocycles. The monoisotopic (exact) mass is 274 g/mol. The Morgan fingerprint density at radius 1 is 1.16 bits per heavy atom. The third-order valence-electron chi connectivity index (χ3n) is 3.46. The molecule has 19 heavy (non-hydrogen) atoms. The Balaban J connectivity index is 1.66. The number of hydrogen-bond acceptors (Lipinski definition) is 2. The van der Waals surface area contributed by atoms with Gasteiger partial charge in [-0.15, -0.1) is 11.8 Å². The second kappa shape index (κ2) is 5.35. The lowest BCUT2D eigenvalue weighted by atomic mass is 10.0. The lowest BCUT2D eigenvalue weighted by molar-refractivity contribution is 0.172. The van der Waals surface area contributed by atoms with Crippen molar-refractivity contribution in [3.63, 3.8) is 0 Å². The van der Waals surface area contributed by atoms with Crippen LogP contribution in [0.15, 0.2) is 53.4 Å². The van der Waals surface area contributed by atoms with E-state index in [1.807, 2.05) is 12.1 Å². The number of benzene rings is 2. The standard InChI is InChI=1S/C16H15FOS/c17-13-7-5-11(6-8-13)9-14(18)16-10-12-3-1-2-4-15(12)19-16/h1-8,14,16,18H,9-10H2. The molecule has 1 N–H and O–H groups in total. The van der Waals surface area contributed by atoms with Crippen LogP contribution in [0.25, 0.3) is 0 Å². The molecule has 0 amide bonds. The third kappa shape index (κ3) is 2.82. The van der Waals surface area contributed by atoms with Gasteiger partial charge in [-0.1, -0.05) is 30.3 Å². The van der Waals surface area contributed by atoms with Gasteiger partial charge in [0.15, 0.2) is 0 Å². The van der Waals surface area contributed by atoms with Crippen molar-refractivity contribution in [3.05, 3.63) is 65.5 Å². The normalized spacial score (nSPS) is 19.2. The van der Waals surface area contributed by atoms with Crippen LogP contribution in [-0.4, -0.2) is 16.5 Å². The molecule has 3 heteroatoms. The smallest absolute Gasteiger partial charge is 0.123 e. The van der Waals surface area contributed by atoms with Crippen LogP contribution < -0.4 is 0 Å². The number of aliphatic hydroxyl groups excluding tert-OH is 1. The number of aliphatic hydroxyl groups is 1. The van der Waals surface area contributed by atoms with Gasteiger partial charge in [-0.05, 0) is 42.2 Å². The molecule has 0 radical (unpaired) electrons. The summed E-state index contributed by atoms with van der Waals surface area (Å²) in [6, 6.07) is 14.7. The van der Waals surface area contributed by atoms with Gasteiger partial charge in [0, 0.05) is 10.1 Å². The van der Waals surface area contributed by atoms with Crippen molar-refractivity contribution in [2.24, 2.45) is 0 Å². The predicted octanol–water partition coefficient (Wildman–Crippen LogP) is 3.45. The Morgan fingerprint density at radius 3 is 2.63 bits per heavy atom. The van der Waals surface area contributed by atoms with Crippen molar-refractivity contribution < 1.29 is 9.50 Å². The quantitative estimate of drug-likeness (QED) is 0.925. The molecular formula is C16H15FOS. The predicted molar refractivity (Wildman–Crippen MR) is 75.9 cm³/mol. The van der Waals surface area contributed by atoms with E-state index in [0.29, 0.717) is 6.42 Å². The Kier molecular flexibility index (Phi) is 3.58. The zero-order chi connectivity index (χ0) is 13.2. The van der Waals surface area contributed by atoms with Gasteiger partial charge >= 0.3 is 0 Å². The van der Waals surface area contributed by atoms with Crippen molar-refractivity contribution in [2.75, 3.05) is 0 Å². The van der Waals surface area contributed by atoms with Crippen LogP contribution in [0.2, 0.25) is 0 Å². The minimum atomic E-state index is -0.400. The van der Waals surface area contributed by atoms with Crippen LogP contribution in [0, 0.1) is 5.82 Å². The van der Waals surface area contributed by atoms with Crippen molar-refractivity contribution in [2.45, 2.75) is 29.1 Å². The van der Waals surface area contributed by atoms with Gasteiger partial charge in [-0.2, -0.15) is 0 Å². The van der Waals surface area contributed by atoms with E-state index in [0.717, 1.165) is 12.0 Å². The van der Waals surface area contributed by atoms with Crippen molar-refractivity contribution in [1.29, 1.82) is 0 Å². The van der Waals surface area contributed by atoms with Gasteiger partial charge in [0.05, 0.1) is 6.10 Å². The van der Waals surface area contributed by atoms with Crippen LogP contribution in [0.4, 0.5) is 4.39 Å². The molecule has 0 bridgehead atoms. The zero-order valence-corrected chi connectivity index (χ0v) is 11.2. The Labute approximate surface area is 116 Å². The maximum absolute atomic E-state index is 12.8. The molecule has 2 aromatic rings. The number of halogens is 1. The molecule has 1 nitrogen and oxygen atoms in total. The molecule has 0 saturated heterocycles. The zero-order valence-electron chi connectivity index (χ0n) is 10.4. The molecule has 0 spiro atoms. The van der Waals surface area contributed by atoms with Gasteiger partial charge in [-0.3, -0.25) is 0 Å². The summed E-state index contributed by atoms with van der Waals surface area (Å²) < 4.78 is 12.8. The summed E-state index contributed by atoms with van der Waals surface area (Å²) in [5.74, 6) is -0.235. The molecule has 0 saturated carbocycles. The second-order valence-electron chi connectivity index (χ2n) is 4.87. The topological polar surface area (TPSA) is 20.2 Å². The summed E-state index contributed by atoms with van der Waals surface area (Å²) in [5, 5.41) is 10.5. The van der Waals surface area contributed by atoms with Gasteiger partial charge in [0.25, 0.3) is 0 Å². The Hall–Kier alpha value is -1.32. The summed E-state index contributed by atoms with van der Waals surface area (Å²) in [6.07, 6.45) is 1.08. The summed E-state index contributed by atoms with van der Waals surface area (Å²) >= 11 is 1.74. The van der Waals surface area contributed by atoms with Crippen LogP contribution >= 0.6 is 11.8 Å². The van der Waals surface area contributed by atoms with Crippen LogP contribution in [0.5, 0.6) is 0 Å². The van der Waals surface area contributed by atoms with Gasteiger partial charge in [0.2, 0.25) is 0 Å². The first kappa shape index (κ1) is 12.7. The fourth-order valence-corrected chi connectivity index (χ4v) is 3.72. The largest absolute Gasteiger partial charge is 0.392 e. The summed E-state index contributed by atoms with van der Waals surface area (Å²) in [4.78, 5) is 1.27. The van der Waals surface area contributed by atoms with E-state index in [9.17, 15) is 9.50 Å². The summed E-state index contributed by atoms with van der Waals surface area (Å²) in [6.45, 7) is 0. The first-order chi connectivity index (χ1) is 9.22. The highest BCUT2D eigenvalue weighted by molar-refractivity contribution is 8.00. The van der Waals surface area contributed by atoms with Crippen molar-refractivity contribution in [1.82, 2.24) is 0 Å². The first-order valence-electron chi connectivity index (χ1n) is 6.39. The summed E-state index contributed by atoms with van der Waals surface area (Å²) in [5.41, 5.74) is 2.29. The minimum absolute atomic E-state index is 0.197. The molecule has 3 rings (SSSR count). The van der Waals surface area contributed by atoms with E-state index in [1.54, 1.807) is 23.9 Å². The van der Waals surface area contributed by atoms with E-state index in [4.69, 9.17) is 0 Å². The minimum Gasteiger partial charge on any atom is -0.392 e. The van der Waals surface area contributed by atoms with E-state index < -0.39 is 6.10 Å². The van der Waals surface area contributed by atoms with Crippen LogP contribution in [0.1, 0.15) is 11.1 Å². The van der Waals surface area contributed by atoms with Crippen LogP contribution in [-0.2, 0) is 12.8 Å². The van der Waals surface area contributed by atoms with E-state index >= 15 is 0 Å². The molecule has 1 aliphatic rings. The van der Waals surface area contributed by atoms with Crippen molar-refractivity contribution in [3.8, 4) is 0 Å². The maximum Gasteiger partial charge on any atom is 0.123 e. The molecule has 1 aliphatic heterocycles. The molecule has 2 atom stereocenters. The maximum atomic E-state index is 12.8. The highest BCUT2D eigenvalue weighted by atomic mass is 32.2. The average molecular weight is 274 g/mol. The molecule has 2 aromatic carbocycles. The molecule has 0 fully saturated rings. The van der Waals surface area contributed by atoms with Gasteiger partial charge in [-0.25, -0.2) is 4.39 Å². The molecule has 0 aliphatic carbocycles. The van der Waals surface area contributed by atoms with Gasteiger partial charge < -0.3 is 5.11 Å². The lowest BCUT2D eigenvalue weighted by Gasteiger charge is -2.17. The Morgan fingerprint density at radius 2 is 1.89 bits per heavy atom. The summed E-state index contributed by atoms with van der Waals surface area (Å²) in [7, 11) is 0. The fourth-order valence-electron chi connectivity index (χ4n) is 2.42. The van der Waals surface area contributed by atoms with Crippen LogP contribution in [0.3, 0.4) is 0 Å². The molecule has 1 heterocycles. The van der Waals surface area contributed by atoms with E-state index in [2.05, 4.69) is 12.1 Å². The van der Waals surface area contributed by atoms with E-state index in [-0.39, 0.29) is 11.1 Å². The number of thioether (sulfide) groups is 1. The highest BCUT2D eigenvalue weighted by Gasteiger charge is 2.28. The van der Waals surface area contributed by atoms with Gasteiger partial charge in [0.1, 0.15) is 5.82 Å². The third-order valence-corrected chi connectivity index (χ3v) is 4.90. The first-order valence-corrected chi connectivity index (χ1v) is 7.27. The fraction of sp³-hybridized carbons (Fsp3) is 0.250. The molecule has 98 valence electrons. The molecule has 2 unspecified atom stereocenters. The van der Waals surface area contributed by atoms with E-state index in [1.165, 1.54) is 22.6 Å². The SMILES string of the molecule is OC(Cc1ccc(F)cc1)C1Cc2ccccc2S1. The average Bonchev–Trinajstić information content (AvgIpc) is 2.85. The number of rotatable bonds is 3. The molecular weight excluding hydrogens is 259 g/mol. The second-order valence-corrected chi connectivity index (χ2v) is 6.15. The number of hydrogen-bond donors (Lipinski definition) is 1. The van der Waals surface area contributed by atoms with Crippen molar-refractivity contribution >= 4 is 11.8 Å².